The largest absolute Gasteiger partial charge is 0.464 e. The second-order valence-corrected chi connectivity index (χ2v) is 9.57. The summed E-state index contributed by atoms with van der Waals surface area (Å²) in [4.78, 5) is 40.1. The second kappa shape index (κ2) is 8.82. The highest BCUT2D eigenvalue weighted by Gasteiger charge is 2.45. The minimum absolute atomic E-state index is 0.0673. The number of carbonyl (C=O) groups excluding carboxylic acids is 2. The number of benzene rings is 1. The van der Waals surface area contributed by atoms with Crippen molar-refractivity contribution >= 4 is 34.3 Å². The molecule has 2 atom stereocenters. The summed E-state index contributed by atoms with van der Waals surface area (Å²) in [7, 11) is 0. The number of hydrogen-bond acceptors (Lipinski definition) is 6. The highest BCUT2D eigenvalue weighted by Crippen LogP contribution is 2.44. The molecule has 0 amide bonds. The Morgan fingerprint density at radius 1 is 1.12 bits per heavy atom. The van der Waals surface area contributed by atoms with Crippen molar-refractivity contribution in [2.75, 3.05) is 0 Å². The summed E-state index contributed by atoms with van der Waals surface area (Å²) in [6.45, 7) is 4.10. The lowest BCUT2D eigenvalue weighted by Crippen LogP contribution is -2.43. The van der Waals surface area contributed by atoms with Crippen LogP contribution in [0.2, 0.25) is 5.02 Å². The highest BCUT2D eigenvalue weighted by molar-refractivity contribution is 6.31. The maximum absolute atomic E-state index is 13.6. The molecule has 1 aliphatic heterocycles. The van der Waals surface area contributed by atoms with Gasteiger partial charge in [0, 0.05) is 39.9 Å². The normalized spacial score (nSPS) is 23.9. The minimum Gasteiger partial charge on any atom is -0.464 e. The van der Waals surface area contributed by atoms with Crippen molar-refractivity contribution in [3.8, 4) is 0 Å². The summed E-state index contributed by atoms with van der Waals surface area (Å²) in [5.74, 6) is -2.23. The number of rotatable bonds is 3. The highest BCUT2D eigenvalue weighted by atomic mass is 35.5. The van der Waals surface area contributed by atoms with Crippen LogP contribution in [0.1, 0.15) is 62.8 Å². The van der Waals surface area contributed by atoms with Crippen molar-refractivity contribution in [1.29, 1.82) is 0 Å². The SMILES string of the molecule is C=C1NC2=C(C(=O)CCC2)C(c2coc3ccc(Cl)cc3c2=O)C1C(=O)OC1CCCCC1. The van der Waals surface area contributed by atoms with Gasteiger partial charge in [-0.2, -0.15) is 0 Å². The molecule has 2 unspecified atom stereocenters. The van der Waals surface area contributed by atoms with Gasteiger partial charge in [0.1, 0.15) is 17.6 Å². The van der Waals surface area contributed by atoms with Crippen LogP contribution in [-0.2, 0) is 14.3 Å². The van der Waals surface area contributed by atoms with Crippen LogP contribution in [0.4, 0.5) is 0 Å². The zero-order chi connectivity index (χ0) is 23.1. The van der Waals surface area contributed by atoms with E-state index in [1.54, 1.807) is 18.2 Å². The molecule has 1 N–H and O–H groups in total. The van der Waals surface area contributed by atoms with Crippen LogP contribution in [0.15, 0.2) is 57.2 Å². The molecule has 2 heterocycles. The van der Waals surface area contributed by atoms with Gasteiger partial charge in [-0.25, -0.2) is 0 Å². The van der Waals surface area contributed by atoms with Gasteiger partial charge in [0.05, 0.1) is 11.6 Å². The summed E-state index contributed by atoms with van der Waals surface area (Å²) in [6.07, 6.45) is 7.80. The van der Waals surface area contributed by atoms with E-state index in [1.165, 1.54) is 6.26 Å². The maximum atomic E-state index is 13.6. The van der Waals surface area contributed by atoms with Crippen molar-refractivity contribution < 1.29 is 18.7 Å². The molecule has 2 aliphatic carbocycles. The zero-order valence-electron chi connectivity index (χ0n) is 18.3. The van der Waals surface area contributed by atoms with Crippen LogP contribution in [0.5, 0.6) is 0 Å². The van der Waals surface area contributed by atoms with Crippen molar-refractivity contribution in [2.24, 2.45) is 5.92 Å². The van der Waals surface area contributed by atoms with Gasteiger partial charge in [-0.1, -0.05) is 24.6 Å². The van der Waals surface area contributed by atoms with Crippen LogP contribution in [0.25, 0.3) is 11.0 Å². The van der Waals surface area contributed by atoms with E-state index in [4.69, 9.17) is 20.8 Å². The number of ketones is 1. The molecule has 0 spiro atoms. The number of hydrogen-bond donors (Lipinski definition) is 1. The van der Waals surface area contributed by atoms with Crippen molar-refractivity contribution in [1.82, 2.24) is 5.32 Å². The number of Topliss-reactive ketones (excluding diaryl/α,β-unsaturated/α-hetero) is 1. The molecule has 7 heteroatoms. The number of esters is 1. The van der Waals surface area contributed by atoms with E-state index in [2.05, 4.69) is 11.9 Å². The number of carbonyl (C=O) groups is 2. The Balaban J connectivity index is 1.63. The summed E-state index contributed by atoms with van der Waals surface area (Å²) in [5, 5.41) is 3.91. The molecular formula is C26H26ClNO5. The number of allylic oxidation sites excluding steroid dienone is 2. The molecule has 0 radical (unpaired) electrons. The molecule has 2 aromatic rings. The summed E-state index contributed by atoms with van der Waals surface area (Å²) in [5.41, 5.74) is 1.98. The Morgan fingerprint density at radius 3 is 2.70 bits per heavy atom. The molecule has 0 bridgehead atoms. The van der Waals surface area contributed by atoms with Gasteiger partial charge >= 0.3 is 5.97 Å². The number of nitrogens with one attached hydrogen (secondary N) is 1. The molecular weight excluding hydrogens is 442 g/mol. The monoisotopic (exact) mass is 467 g/mol. The molecule has 33 heavy (non-hydrogen) atoms. The predicted molar refractivity (Wildman–Crippen MR) is 125 cm³/mol. The lowest BCUT2D eigenvalue weighted by atomic mass is 9.71. The Labute approximate surface area is 196 Å². The van der Waals surface area contributed by atoms with Crippen molar-refractivity contribution in [2.45, 2.75) is 63.4 Å². The summed E-state index contributed by atoms with van der Waals surface area (Å²) >= 11 is 6.13. The fourth-order valence-corrected chi connectivity index (χ4v) is 5.53. The van der Waals surface area contributed by atoms with Gasteiger partial charge in [-0.3, -0.25) is 14.4 Å². The molecule has 1 aromatic heterocycles. The van der Waals surface area contributed by atoms with E-state index >= 15 is 0 Å². The van der Waals surface area contributed by atoms with Crippen LogP contribution in [0, 0.1) is 5.92 Å². The minimum atomic E-state index is -0.896. The molecule has 172 valence electrons. The van der Waals surface area contributed by atoms with E-state index < -0.39 is 17.8 Å². The first-order valence-corrected chi connectivity index (χ1v) is 12.0. The third kappa shape index (κ3) is 4.01. The zero-order valence-corrected chi connectivity index (χ0v) is 19.1. The van der Waals surface area contributed by atoms with Crippen molar-refractivity contribution in [3.05, 3.63) is 68.8 Å². The van der Waals surface area contributed by atoms with E-state index in [0.29, 0.717) is 46.5 Å². The lowest BCUT2D eigenvalue weighted by Gasteiger charge is -2.38. The summed E-state index contributed by atoms with van der Waals surface area (Å²) < 4.78 is 11.7. The first-order valence-electron chi connectivity index (χ1n) is 11.6. The first-order chi connectivity index (χ1) is 15.9. The molecule has 0 saturated heterocycles. The molecule has 5 rings (SSSR count). The van der Waals surface area contributed by atoms with E-state index in [-0.39, 0.29) is 22.9 Å². The molecule has 3 aliphatic rings. The standard InChI is InChI=1S/C26H26ClNO5/c1-14-22(26(31)33-16-6-3-2-4-7-16)23(24-19(28-14)8-5-9-20(24)29)18-13-32-21-11-10-15(27)12-17(21)25(18)30/h10-13,16,22-23,28H,1-9H2. The van der Waals surface area contributed by atoms with Gasteiger partial charge in [-0.05, 0) is 56.7 Å². The average Bonchev–Trinajstić information content (AvgIpc) is 2.80. The average molecular weight is 468 g/mol. The Hall–Kier alpha value is -2.86. The predicted octanol–water partition coefficient (Wildman–Crippen LogP) is 5.15. The first kappa shape index (κ1) is 22.0. The summed E-state index contributed by atoms with van der Waals surface area (Å²) in [6, 6.07) is 4.83. The van der Waals surface area contributed by atoms with E-state index in [0.717, 1.165) is 37.8 Å². The Morgan fingerprint density at radius 2 is 1.91 bits per heavy atom. The molecule has 1 fully saturated rings. The Bertz CT molecular complexity index is 1240. The third-order valence-corrected chi connectivity index (χ3v) is 7.21. The van der Waals surface area contributed by atoms with Crippen LogP contribution >= 0.6 is 11.6 Å². The fourth-order valence-electron chi connectivity index (χ4n) is 5.36. The van der Waals surface area contributed by atoms with E-state index in [9.17, 15) is 14.4 Å². The number of fused-ring (bicyclic) bond motifs is 1. The van der Waals surface area contributed by atoms with Gasteiger partial charge in [-0.15, -0.1) is 0 Å². The fraction of sp³-hybridized carbons (Fsp3) is 0.423. The maximum Gasteiger partial charge on any atom is 0.316 e. The smallest absolute Gasteiger partial charge is 0.316 e. The van der Waals surface area contributed by atoms with E-state index in [1.807, 2.05) is 0 Å². The lowest BCUT2D eigenvalue weighted by molar-refractivity contribution is -0.155. The van der Waals surface area contributed by atoms with Crippen LogP contribution in [0.3, 0.4) is 0 Å². The molecule has 1 aromatic carbocycles. The third-order valence-electron chi connectivity index (χ3n) is 6.97. The van der Waals surface area contributed by atoms with Gasteiger partial charge in [0.2, 0.25) is 0 Å². The quantitative estimate of drug-likeness (QED) is 0.628. The topological polar surface area (TPSA) is 85.6 Å². The second-order valence-electron chi connectivity index (χ2n) is 9.13. The van der Waals surface area contributed by atoms with Crippen LogP contribution in [-0.4, -0.2) is 17.9 Å². The molecule has 6 nitrogen and oxygen atoms in total. The number of ether oxygens (including phenoxy) is 1. The van der Waals surface area contributed by atoms with Gasteiger partial charge in [0.15, 0.2) is 11.2 Å². The Kier molecular flexibility index (Phi) is 5.87. The van der Waals surface area contributed by atoms with Gasteiger partial charge < -0.3 is 14.5 Å². The van der Waals surface area contributed by atoms with Crippen molar-refractivity contribution in [3.63, 3.8) is 0 Å². The van der Waals surface area contributed by atoms with Gasteiger partial charge in [0.25, 0.3) is 0 Å². The van der Waals surface area contributed by atoms with Crippen LogP contribution < -0.4 is 10.7 Å². The molecule has 1 saturated carbocycles. The number of halogens is 1.